The van der Waals surface area contributed by atoms with Crippen LogP contribution in [-0.2, 0) is 11.3 Å². The molecule has 2 N–H and O–H groups in total. The molecule has 0 aliphatic carbocycles. The molecule has 1 heterocycles. The Bertz CT molecular complexity index is 467. The van der Waals surface area contributed by atoms with Gasteiger partial charge >= 0.3 is 0 Å². The van der Waals surface area contributed by atoms with Gasteiger partial charge in [0.1, 0.15) is 6.04 Å². The molecule has 1 unspecified atom stereocenters. The van der Waals surface area contributed by atoms with Gasteiger partial charge in [-0.05, 0) is 11.6 Å². The largest absolute Gasteiger partial charge is 0.358 e. The van der Waals surface area contributed by atoms with Gasteiger partial charge in [0, 0.05) is 33.2 Å². The smallest absolute Gasteiger partial charge is 0.238 e. The Hall–Kier alpha value is -0.810. The van der Waals surface area contributed by atoms with Crippen LogP contribution in [0.25, 0.3) is 0 Å². The quantitative estimate of drug-likeness (QED) is 0.889. The van der Waals surface area contributed by atoms with E-state index in [0.29, 0.717) is 23.1 Å². The van der Waals surface area contributed by atoms with Crippen LogP contribution < -0.4 is 10.6 Å². The summed E-state index contributed by atoms with van der Waals surface area (Å²) in [5, 5.41) is 7.04. The molecule has 1 aromatic rings. The summed E-state index contributed by atoms with van der Waals surface area (Å²) in [6, 6.07) is 5.41. The highest BCUT2D eigenvalue weighted by molar-refractivity contribution is 6.42. The standard InChI is InChI=1S/C13H17Cl2N3O/c1-16-13(19)11-7-17-5-6-18(11)8-9-3-2-4-10(14)12(9)15/h2-4,11,17H,5-8H2,1H3,(H,16,19). The lowest BCUT2D eigenvalue weighted by molar-refractivity contribution is -0.126. The first kappa shape index (κ1) is 14.6. The van der Waals surface area contributed by atoms with E-state index in [2.05, 4.69) is 15.5 Å². The number of carbonyl (C=O) groups excluding carboxylic acids is 1. The number of rotatable bonds is 3. The van der Waals surface area contributed by atoms with Crippen molar-refractivity contribution in [3.63, 3.8) is 0 Å². The molecule has 1 atom stereocenters. The van der Waals surface area contributed by atoms with Crippen LogP contribution in [-0.4, -0.2) is 43.5 Å². The third-order valence-electron chi connectivity index (χ3n) is 3.31. The van der Waals surface area contributed by atoms with Gasteiger partial charge in [-0.3, -0.25) is 9.69 Å². The summed E-state index contributed by atoms with van der Waals surface area (Å²) >= 11 is 12.2. The first-order valence-corrected chi connectivity index (χ1v) is 6.98. The number of likely N-dealkylation sites (N-methyl/N-ethyl adjacent to an activating group) is 1. The molecule has 19 heavy (non-hydrogen) atoms. The lowest BCUT2D eigenvalue weighted by Crippen LogP contribution is -2.56. The van der Waals surface area contributed by atoms with Crippen LogP contribution in [0, 0.1) is 0 Å². The number of carbonyl (C=O) groups is 1. The van der Waals surface area contributed by atoms with Gasteiger partial charge in [-0.15, -0.1) is 0 Å². The van der Waals surface area contributed by atoms with E-state index in [1.807, 2.05) is 12.1 Å². The SMILES string of the molecule is CNC(=O)C1CNCCN1Cc1cccc(Cl)c1Cl. The second-order valence-corrected chi connectivity index (χ2v) is 5.30. The second kappa shape index (κ2) is 6.57. The van der Waals surface area contributed by atoms with Crippen molar-refractivity contribution in [2.45, 2.75) is 12.6 Å². The predicted molar refractivity (Wildman–Crippen MR) is 77.6 cm³/mol. The lowest BCUT2D eigenvalue weighted by Gasteiger charge is -2.35. The summed E-state index contributed by atoms with van der Waals surface area (Å²) in [7, 11) is 1.65. The average molecular weight is 302 g/mol. The molecule has 0 aromatic heterocycles. The minimum Gasteiger partial charge on any atom is -0.358 e. The van der Waals surface area contributed by atoms with Crippen molar-refractivity contribution in [3.05, 3.63) is 33.8 Å². The summed E-state index contributed by atoms with van der Waals surface area (Å²) in [6.07, 6.45) is 0. The van der Waals surface area contributed by atoms with Crippen LogP contribution in [0.5, 0.6) is 0 Å². The van der Waals surface area contributed by atoms with Crippen LogP contribution in [0.4, 0.5) is 0 Å². The second-order valence-electron chi connectivity index (χ2n) is 4.52. The van der Waals surface area contributed by atoms with E-state index in [1.54, 1.807) is 13.1 Å². The number of nitrogens with one attached hydrogen (secondary N) is 2. The summed E-state index contributed by atoms with van der Waals surface area (Å²) in [5.74, 6) is 0.0188. The highest BCUT2D eigenvalue weighted by Crippen LogP contribution is 2.27. The van der Waals surface area contributed by atoms with E-state index in [4.69, 9.17) is 23.2 Å². The Morgan fingerprint density at radius 2 is 2.32 bits per heavy atom. The zero-order valence-electron chi connectivity index (χ0n) is 10.7. The molecule has 1 amide bonds. The summed E-state index contributed by atoms with van der Waals surface area (Å²) in [4.78, 5) is 14.0. The highest BCUT2D eigenvalue weighted by Gasteiger charge is 2.28. The zero-order chi connectivity index (χ0) is 13.8. The van der Waals surface area contributed by atoms with Gasteiger partial charge in [-0.25, -0.2) is 0 Å². The Kier molecular flexibility index (Phi) is 5.05. The average Bonchev–Trinajstić information content (AvgIpc) is 2.43. The fourth-order valence-electron chi connectivity index (χ4n) is 2.25. The van der Waals surface area contributed by atoms with Crippen molar-refractivity contribution in [1.82, 2.24) is 15.5 Å². The Balaban J connectivity index is 2.15. The van der Waals surface area contributed by atoms with E-state index >= 15 is 0 Å². The molecule has 1 aromatic carbocycles. The topological polar surface area (TPSA) is 44.4 Å². The summed E-state index contributed by atoms with van der Waals surface area (Å²) in [5.41, 5.74) is 0.949. The van der Waals surface area contributed by atoms with E-state index in [0.717, 1.165) is 18.7 Å². The fraction of sp³-hybridized carbons (Fsp3) is 0.462. The maximum absolute atomic E-state index is 11.9. The Morgan fingerprint density at radius 1 is 1.53 bits per heavy atom. The molecule has 1 saturated heterocycles. The van der Waals surface area contributed by atoms with Crippen molar-refractivity contribution in [3.8, 4) is 0 Å². The first-order valence-electron chi connectivity index (χ1n) is 6.22. The maximum atomic E-state index is 11.9. The van der Waals surface area contributed by atoms with Crippen LogP contribution in [0.15, 0.2) is 18.2 Å². The number of benzene rings is 1. The zero-order valence-corrected chi connectivity index (χ0v) is 12.3. The van der Waals surface area contributed by atoms with Gasteiger partial charge in [0.15, 0.2) is 0 Å². The van der Waals surface area contributed by atoms with Gasteiger partial charge in [-0.2, -0.15) is 0 Å². The van der Waals surface area contributed by atoms with Crippen molar-refractivity contribution in [2.75, 3.05) is 26.7 Å². The molecular formula is C13H17Cl2N3O. The van der Waals surface area contributed by atoms with Crippen molar-refractivity contribution in [2.24, 2.45) is 0 Å². The summed E-state index contributed by atoms with van der Waals surface area (Å²) in [6.45, 7) is 2.95. The minimum absolute atomic E-state index is 0.0188. The van der Waals surface area contributed by atoms with Gasteiger partial charge in [0.05, 0.1) is 10.0 Å². The Morgan fingerprint density at radius 3 is 3.05 bits per heavy atom. The fourth-order valence-corrected chi connectivity index (χ4v) is 2.63. The molecule has 4 nitrogen and oxygen atoms in total. The molecule has 104 valence electrons. The molecule has 6 heteroatoms. The molecule has 0 radical (unpaired) electrons. The molecule has 1 fully saturated rings. The number of hydrogen-bond donors (Lipinski definition) is 2. The van der Waals surface area contributed by atoms with Crippen molar-refractivity contribution < 1.29 is 4.79 Å². The van der Waals surface area contributed by atoms with E-state index in [-0.39, 0.29) is 11.9 Å². The third kappa shape index (κ3) is 3.39. The minimum atomic E-state index is -0.172. The van der Waals surface area contributed by atoms with Crippen LogP contribution >= 0.6 is 23.2 Å². The van der Waals surface area contributed by atoms with E-state index in [9.17, 15) is 4.79 Å². The van der Waals surface area contributed by atoms with Crippen molar-refractivity contribution >= 4 is 29.1 Å². The normalized spacial score (nSPS) is 20.3. The van der Waals surface area contributed by atoms with E-state index in [1.165, 1.54) is 0 Å². The highest BCUT2D eigenvalue weighted by atomic mass is 35.5. The molecule has 1 aliphatic heterocycles. The molecular weight excluding hydrogens is 285 g/mol. The van der Waals surface area contributed by atoms with Gasteiger partial charge < -0.3 is 10.6 Å². The number of hydrogen-bond acceptors (Lipinski definition) is 3. The predicted octanol–water partition coefficient (Wildman–Crippen LogP) is 1.51. The number of amides is 1. The molecule has 0 bridgehead atoms. The third-order valence-corrected chi connectivity index (χ3v) is 4.17. The molecule has 0 saturated carbocycles. The lowest BCUT2D eigenvalue weighted by atomic mass is 10.1. The van der Waals surface area contributed by atoms with E-state index < -0.39 is 0 Å². The van der Waals surface area contributed by atoms with Crippen molar-refractivity contribution in [1.29, 1.82) is 0 Å². The molecule has 0 spiro atoms. The van der Waals surface area contributed by atoms with Gasteiger partial charge in [-0.1, -0.05) is 35.3 Å². The van der Waals surface area contributed by atoms with Crippen LogP contribution in [0.2, 0.25) is 10.0 Å². The van der Waals surface area contributed by atoms with Crippen LogP contribution in [0.1, 0.15) is 5.56 Å². The number of halogens is 2. The summed E-state index contributed by atoms with van der Waals surface area (Å²) < 4.78 is 0. The number of nitrogens with zero attached hydrogens (tertiary/aromatic N) is 1. The Labute approximate surface area is 123 Å². The molecule has 2 rings (SSSR count). The maximum Gasteiger partial charge on any atom is 0.238 e. The van der Waals surface area contributed by atoms with Gasteiger partial charge in [0.2, 0.25) is 5.91 Å². The first-order chi connectivity index (χ1) is 9.13. The van der Waals surface area contributed by atoms with Gasteiger partial charge in [0.25, 0.3) is 0 Å². The molecule has 1 aliphatic rings. The van der Waals surface area contributed by atoms with Crippen LogP contribution in [0.3, 0.4) is 0 Å². The number of piperazine rings is 1. The monoisotopic (exact) mass is 301 g/mol.